The molecule has 0 aliphatic rings. The maximum Gasteiger partial charge on any atom is 0.238 e. The fourth-order valence-electron chi connectivity index (χ4n) is 1.72. The van der Waals surface area contributed by atoms with Crippen molar-refractivity contribution in [2.24, 2.45) is 5.73 Å². The third kappa shape index (κ3) is 7.17. The first-order valence-corrected chi connectivity index (χ1v) is 7.29. The Kier molecular flexibility index (Phi) is 7.28. The van der Waals surface area contributed by atoms with Crippen LogP contribution in [0.5, 0.6) is 0 Å². The molecule has 0 fully saturated rings. The molecular formula is C15H23N3O2S. The summed E-state index contributed by atoms with van der Waals surface area (Å²) in [6.07, 6.45) is 0.204. The van der Waals surface area contributed by atoms with Crippen molar-refractivity contribution in [2.45, 2.75) is 20.0 Å². The summed E-state index contributed by atoms with van der Waals surface area (Å²) in [4.78, 5) is 14.2. The van der Waals surface area contributed by atoms with Gasteiger partial charge in [-0.3, -0.25) is 9.69 Å². The molecule has 1 aromatic rings. The first-order chi connectivity index (χ1) is 9.88. The van der Waals surface area contributed by atoms with E-state index >= 15 is 0 Å². The average Bonchev–Trinajstić information content (AvgIpc) is 2.38. The minimum Gasteiger partial charge on any atom is -0.389 e. The number of nitrogens with zero attached hydrogens (tertiary/aromatic N) is 1. The van der Waals surface area contributed by atoms with Crippen molar-refractivity contribution in [2.75, 3.05) is 32.1 Å². The van der Waals surface area contributed by atoms with Crippen LogP contribution >= 0.6 is 12.2 Å². The van der Waals surface area contributed by atoms with E-state index in [1.165, 1.54) is 0 Å². The molecule has 21 heavy (non-hydrogen) atoms. The van der Waals surface area contributed by atoms with Gasteiger partial charge in [-0.05, 0) is 33.0 Å². The van der Waals surface area contributed by atoms with E-state index in [4.69, 9.17) is 22.7 Å². The molecule has 5 nitrogen and oxygen atoms in total. The number of anilines is 1. The molecule has 0 bridgehead atoms. The highest BCUT2D eigenvalue weighted by molar-refractivity contribution is 7.80. The Hall–Kier alpha value is -1.50. The van der Waals surface area contributed by atoms with Crippen molar-refractivity contribution in [1.82, 2.24) is 4.90 Å². The van der Waals surface area contributed by atoms with Crippen LogP contribution in [0.4, 0.5) is 5.69 Å². The lowest BCUT2D eigenvalue weighted by atomic mass is 10.2. The predicted molar refractivity (Wildman–Crippen MR) is 89.5 cm³/mol. The van der Waals surface area contributed by atoms with Crippen LogP contribution in [0.15, 0.2) is 24.3 Å². The van der Waals surface area contributed by atoms with Crippen LogP contribution in [-0.2, 0) is 9.53 Å². The van der Waals surface area contributed by atoms with Crippen molar-refractivity contribution >= 4 is 28.8 Å². The van der Waals surface area contributed by atoms with Gasteiger partial charge in [0.25, 0.3) is 0 Å². The number of carbonyl (C=O) groups is 1. The number of rotatable bonds is 8. The van der Waals surface area contributed by atoms with Crippen LogP contribution in [0.2, 0.25) is 0 Å². The van der Waals surface area contributed by atoms with Gasteiger partial charge in [0.05, 0.1) is 19.3 Å². The Balaban J connectivity index is 2.42. The summed E-state index contributed by atoms with van der Waals surface area (Å²) >= 11 is 4.92. The molecule has 0 atom stereocenters. The molecule has 0 saturated heterocycles. The van der Waals surface area contributed by atoms with Gasteiger partial charge in [0, 0.05) is 17.8 Å². The van der Waals surface area contributed by atoms with Gasteiger partial charge in [0.2, 0.25) is 5.91 Å². The highest BCUT2D eigenvalue weighted by Crippen LogP contribution is 2.10. The Morgan fingerprint density at radius 3 is 2.81 bits per heavy atom. The lowest BCUT2D eigenvalue weighted by Gasteiger charge is -2.17. The van der Waals surface area contributed by atoms with Gasteiger partial charge < -0.3 is 15.8 Å². The molecule has 3 N–H and O–H groups in total. The van der Waals surface area contributed by atoms with E-state index in [9.17, 15) is 4.79 Å². The van der Waals surface area contributed by atoms with Crippen LogP contribution < -0.4 is 11.1 Å². The first kappa shape index (κ1) is 17.6. The highest BCUT2D eigenvalue weighted by Gasteiger charge is 2.08. The highest BCUT2D eigenvalue weighted by atomic mass is 32.1. The van der Waals surface area contributed by atoms with E-state index in [1.54, 1.807) is 6.07 Å². The van der Waals surface area contributed by atoms with Crippen molar-refractivity contribution in [3.63, 3.8) is 0 Å². The topological polar surface area (TPSA) is 67.6 Å². The molecule has 0 heterocycles. The molecular weight excluding hydrogens is 286 g/mol. The van der Waals surface area contributed by atoms with Crippen LogP contribution in [0, 0.1) is 0 Å². The van der Waals surface area contributed by atoms with Crippen molar-refractivity contribution in [3.05, 3.63) is 29.8 Å². The molecule has 0 saturated carbocycles. The van der Waals surface area contributed by atoms with E-state index < -0.39 is 0 Å². The fourth-order valence-corrected chi connectivity index (χ4v) is 1.85. The van der Waals surface area contributed by atoms with Crippen LogP contribution in [0.1, 0.15) is 19.4 Å². The number of hydrogen-bond acceptors (Lipinski definition) is 4. The molecule has 0 radical (unpaired) electrons. The second-order valence-corrected chi connectivity index (χ2v) is 5.59. The summed E-state index contributed by atoms with van der Waals surface area (Å²) < 4.78 is 5.45. The molecule has 0 aliphatic heterocycles. The monoisotopic (exact) mass is 309 g/mol. The summed E-state index contributed by atoms with van der Waals surface area (Å²) in [5.74, 6) is -0.0814. The summed E-state index contributed by atoms with van der Waals surface area (Å²) in [5, 5.41) is 2.83. The van der Waals surface area contributed by atoms with E-state index in [2.05, 4.69) is 5.32 Å². The maximum absolute atomic E-state index is 11.9. The van der Waals surface area contributed by atoms with Gasteiger partial charge in [-0.1, -0.05) is 24.4 Å². The first-order valence-electron chi connectivity index (χ1n) is 6.88. The second kappa shape index (κ2) is 8.71. The number of benzene rings is 1. The zero-order chi connectivity index (χ0) is 15.8. The molecule has 6 heteroatoms. The molecule has 1 aromatic carbocycles. The van der Waals surface area contributed by atoms with Crippen molar-refractivity contribution in [1.29, 1.82) is 0 Å². The minimum atomic E-state index is -0.0814. The summed E-state index contributed by atoms with van der Waals surface area (Å²) in [6.45, 7) is 5.60. The van der Waals surface area contributed by atoms with E-state index in [1.807, 2.05) is 44.0 Å². The molecule has 0 spiro atoms. The Morgan fingerprint density at radius 2 is 2.19 bits per heavy atom. The van der Waals surface area contributed by atoms with Gasteiger partial charge in [0.1, 0.15) is 4.99 Å². The third-order valence-electron chi connectivity index (χ3n) is 2.77. The number of ether oxygens (including phenoxy) is 1. The SMILES string of the molecule is CC(C)OCCN(C)CC(=O)Nc1cccc(C(N)=S)c1. The number of likely N-dealkylation sites (N-methyl/N-ethyl adjacent to an activating group) is 1. The molecule has 0 aliphatic carbocycles. The van der Waals surface area contributed by atoms with Gasteiger partial charge >= 0.3 is 0 Å². The Labute approximate surface area is 131 Å². The summed E-state index contributed by atoms with van der Waals surface area (Å²) in [7, 11) is 1.88. The molecule has 1 amide bonds. The van der Waals surface area contributed by atoms with E-state index in [0.29, 0.717) is 30.4 Å². The smallest absolute Gasteiger partial charge is 0.238 e. The summed E-state index contributed by atoms with van der Waals surface area (Å²) in [5.41, 5.74) is 7.00. The second-order valence-electron chi connectivity index (χ2n) is 5.15. The zero-order valence-electron chi connectivity index (χ0n) is 12.8. The Morgan fingerprint density at radius 1 is 1.48 bits per heavy atom. The Bertz CT molecular complexity index is 492. The molecule has 116 valence electrons. The van der Waals surface area contributed by atoms with Crippen molar-refractivity contribution in [3.8, 4) is 0 Å². The van der Waals surface area contributed by atoms with Crippen molar-refractivity contribution < 1.29 is 9.53 Å². The molecule has 0 aromatic heterocycles. The van der Waals surface area contributed by atoms with Gasteiger partial charge in [-0.2, -0.15) is 0 Å². The lowest BCUT2D eigenvalue weighted by Crippen LogP contribution is -2.33. The maximum atomic E-state index is 11.9. The van der Waals surface area contributed by atoms with Gasteiger partial charge in [0.15, 0.2) is 0 Å². The van der Waals surface area contributed by atoms with Crippen LogP contribution in [0.3, 0.4) is 0 Å². The van der Waals surface area contributed by atoms with E-state index in [0.717, 1.165) is 5.56 Å². The summed E-state index contributed by atoms with van der Waals surface area (Å²) in [6, 6.07) is 7.20. The minimum absolute atomic E-state index is 0.0814. The lowest BCUT2D eigenvalue weighted by molar-refractivity contribution is -0.117. The number of nitrogens with one attached hydrogen (secondary N) is 1. The van der Waals surface area contributed by atoms with Gasteiger partial charge in [-0.25, -0.2) is 0 Å². The fraction of sp³-hybridized carbons (Fsp3) is 0.467. The van der Waals surface area contributed by atoms with Crippen LogP contribution in [-0.4, -0.2) is 48.6 Å². The largest absolute Gasteiger partial charge is 0.389 e. The molecule has 1 rings (SSSR count). The zero-order valence-corrected chi connectivity index (χ0v) is 13.6. The number of hydrogen-bond donors (Lipinski definition) is 2. The quantitative estimate of drug-likeness (QED) is 0.714. The number of carbonyl (C=O) groups excluding carboxylic acids is 1. The third-order valence-corrected chi connectivity index (χ3v) is 3.00. The number of thiocarbonyl (C=S) groups is 1. The normalized spacial score (nSPS) is 10.9. The standard InChI is InChI=1S/C15H23N3O2S/c1-11(2)20-8-7-18(3)10-14(19)17-13-6-4-5-12(9-13)15(16)21/h4-6,9,11H,7-8,10H2,1-3H3,(H2,16,21)(H,17,19). The predicted octanol–water partition coefficient (Wildman–Crippen LogP) is 1.62. The van der Waals surface area contributed by atoms with E-state index in [-0.39, 0.29) is 12.0 Å². The number of amides is 1. The van der Waals surface area contributed by atoms with Gasteiger partial charge in [-0.15, -0.1) is 0 Å². The van der Waals surface area contributed by atoms with Crippen LogP contribution in [0.25, 0.3) is 0 Å². The number of nitrogens with two attached hydrogens (primary N) is 1. The molecule has 0 unspecified atom stereocenters. The average molecular weight is 309 g/mol.